The molecule has 0 fully saturated rings. The molecular formula is C21H26F6N4O4S. The number of anilines is 1. The molecule has 1 aliphatic heterocycles. The van der Waals surface area contributed by atoms with Crippen molar-refractivity contribution in [3.8, 4) is 0 Å². The Kier molecular flexibility index (Phi) is 12.1. The number of rotatable bonds is 5. The second-order valence-corrected chi connectivity index (χ2v) is 8.70. The molecule has 0 bridgehead atoms. The van der Waals surface area contributed by atoms with Gasteiger partial charge in [0.05, 0.1) is 0 Å². The number of aromatic nitrogens is 1. The minimum atomic E-state index is -5.08. The second kappa shape index (κ2) is 14.0. The molecule has 0 saturated carbocycles. The van der Waals surface area contributed by atoms with Gasteiger partial charge in [-0.2, -0.15) is 26.3 Å². The zero-order chi connectivity index (χ0) is 27.5. The Hall–Kier alpha value is -2.91. The molecule has 0 atom stereocenters. The number of halogens is 6. The number of alkyl halides is 6. The van der Waals surface area contributed by atoms with Crippen molar-refractivity contribution in [1.29, 1.82) is 0 Å². The first-order chi connectivity index (χ1) is 16.6. The highest BCUT2D eigenvalue weighted by atomic mass is 32.1. The Labute approximate surface area is 207 Å². The SMILES string of the molecule is CN(C)CCN1CCN(Cc2cccs2)Cc2cccnc21.O=C(O)C(F)(F)F.O=C(O)C(F)(F)F. The molecule has 36 heavy (non-hydrogen) atoms. The van der Waals surface area contributed by atoms with Gasteiger partial charge < -0.3 is 20.0 Å². The van der Waals surface area contributed by atoms with Crippen molar-refractivity contribution in [2.75, 3.05) is 45.2 Å². The number of thiophene rings is 1. The first-order valence-electron chi connectivity index (χ1n) is 10.3. The van der Waals surface area contributed by atoms with Crippen LogP contribution in [-0.4, -0.2) is 89.6 Å². The predicted molar refractivity (Wildman–Crippen MR) is 121 cm³/mol. The van der Waals surface area contributed by atoms with Gasteiger partial charge in [0.15, 0.2) is 0 Å². The Balaban J connectivity index is 0.000000383. The Morgan fingerprint density at radius 3 is 2.08 bits per heavy atom. The molecule has 0 aromatic carbocycles. The first-order valence-corrected chi connectivity index (χ1v) is 11.2. The highest BCUT2D eigenvalue weighted by Crippen LogP contribution is 2.24. The van der Waals surface area contributed by atoms with Gasteiger partial charge in [0.1, 0.15) is 5.82 Å². The number of hydrogen-bond acceptors (Lipinski definition) is 7. The lowest BCUT2D eigenvalue weighted by molar-refractivity contribution is -0.193. The summed E-state index contributed by atoms with van der Waals surface area (Å²) in [6, 6.07) is 8.63. The van der Waals surface area contributed by atoms with E-state index in [1.54, 1.807) is 0 Å². The molecule has 3 rings (SSSR count). The number of pyridine rings is 1. The quantitative estimate of drug-likeness (QED) is 0.549. The van der Waals surface area contributed by atoms with Gasteiger partial charge in [-0.15, -0.1) is 11.3 Å². The fourth-order valence-corrected chi connectivity index (χ4v) is 3.57. The number of nitrogens with zero attached hydrogens (tertiary/aromatic N) is 4. The smallest absolute Gasteiger partial charge is 0.475 e. The molecule has 0 saturated heterocycles. The van der Waals surface area contributed by atoms with E-state index in [0.717, 1.165) is 45.1 Å². The van der Waals surface area contributed by atoms with Crippen molar-refractivity contribution in [3.05, 3.63) is 46.3 Å². The highest BCUT2D eigenvalue weighted by molar-refractivity contribution is 7.09. The lowest BCUT2D eigenvalue weighted by Gasteiger charge is -2.25. The normalized spacial score (nSPS) is 14.1. The number of carbonyl (C=O) groups is 2. The number of likely N-dealkylation sites (N-methyl/N-ethyl adjacent to an activating group) is 1. The van der Waals surface area contributed by atoms with Crippen molar-refractivity contribution in [2.45, 2.75) is 25.4 Å². The summed E-state index contributed by atoms with van der Waals surface area (Å²) in [5.74, 6) is -4.35. The van der Waals surface area contributed by atoms with Gasteiger partial charge in [-0.3, -0.25) is 4.90 Å². The van der Waals surface area contributed by atoms with Crippen molar-refractivity contribution < 1.29 is 46.1 Å². The summed E-state index contributed by atoms with van der Waals surface area (Å²) in [6.07, 6.45) is -8.25. The average Bonchev–Trinajstić information content (AvgIpc) is 3.20. The van der Waals surface area contributed by atoms with Crippen LogP contribution in [0.5, 0.6) is 0 Å². The summed E-state index contributed by atoms with van der Waals surface area (Å²) in [7, 11) is 4.25. The van der Waals surface area contributed by atoms with Crippen LogP contribution in [-0.2, 0) is 22.7 Å². The number of carboxylic acid groups (broad SMARTS) is 2. The highest BCUT2D eigenvalue weighted by Gasteiger charge is 2.38. The van der Waals surface area contributed by atoms with E-state index in [0.29, 0.717) is 0 Å². The average molecular weight is 545 g/mol. The molecule has 8 nitrogen and oxygen atoms in total. The molecule has 15 heteroatoms. The van der Waals surface area contributed by atoms with Gasteiger partial charge >= 0.3 is 24.3 Å². The Bertz CT molecular complexity index is 931. The lowest BCUT2D eigenvalue weighted by atomic mass is 10.2. The minimum absolute atomic E-state index is 0.986. The van der Waals surface area contributed by atoms with Crippen molar-refractivity contribution >= 4 is 29.1 Å². The van der Waals surface area contributed by atoms with Crippen molar-refractivity contribution in [1.82, 2.24) is 14.8 Å². The van der Waals surface area contributed by atoms with Crippen LogP contribution in [0.1, 0.15) is 10.4 Å². The van der Waals surface area contributed by atoms with E-state index < -0.39 is 24.3 Å². The first kappa shape index (κ1) is 31.1. The third-order valence-corrected chi connectivity index (χ3v) is 5.37. The predicted octanol–water partition coefficient (Wildman–Crippen LogP) is 3.79. The fraction of sp³-hybridized carbons (Fsp3) is 0.476. The largest absolute Gasteiger partial charge is 0.490 e. The van der Waals surface area contributed by atoms with Gasteiger partial charge in [0.2, 0.25) is 0 Å². The Morgan fingerprint density at radius 2 is 1.61 bits per heavy atom. The third-order valence-electron chi connectivity index (χ3n) is 4.51. The topological polar surface area (TPSA) is 97.2 Å². The van der Waals surface area contributed by atoms with Crippen LogP contribution < -0.4 is 4.90 Å². The van der Waals surface area contributed by atoms with E-state index >= 15 is 0 Å². The van der Waals surface area contributed by atoms with Crippen LogP contribution in [0.4, 0.5) is 32.2 Å². The number of fused-ring (bicyclic) bond motifs is 1. The monoisotopic (exact) mass is 544 g/mol. The molecule has 2 N–H and O–H groups in total. The second-order valence-electron chi connectivity index (χ2n) is 7.67. The summed E-state index contributed by atoms with van der Waals surface area (Å²) >= 11 is 1.84. The molecule has 3 heterocycles. The summed E-state index contributed by atoms with van der Waals surface area (Å²) in [4.78, 5) is 31.1. The lowest BCUT2D eigenvalue weighted by Crippen LogP contribution is -2.36. The van der Waals surface area contributed by atoms with E-state index in [-0.39, 0.29) is 0 Å². The molecule has 202 valence electrons. The summed E-state index contributed by atoms with van der Waals surface area (Å²) < 4.78 is 63.5. The van der Waals surface area contributed by atoms with Crippen LogP contribution in [0, 0.1) is 0 Å². The zero-order valence-electron chi connectivity index (χ0n) is 19.4. The molecule has 0 radical (unpaired) electrons. The third kappa shape index (κ3) is 11.7. The van der Waals surface area contributed by atoms with Crippen LogP contribution in [0.15, 0.2) is 35.8 Å². The molecule has 2 aromatic heterocycles. The van der Waals surface area contributed by atoms with E-state index in [1.807, 2.05) is 17.5 Å². The molecule has 0 amide bonds. The number of aliphatic carboxylic acids is 2. The molecule has 0 unspecified atom stereocenters. The van der Waals surface area contributed by atoms with E-state index in [1.165, 1.54) is 10.4 Å². The van der Waals surface area contributed by atoms with Crippen molar-refractivity contribution in [3.63, 3.8) is 0 Å². The van der Waals surface area contributed by atoms with Crippen LogP contribution in [0.2, 0.25) is 0 Å². The fourth-order valence-electron chi connectivity index (χ4n) is 2.82. The zero-order valence-corrected chi connectivity index (χ0v) is 20.2. The standard InChI is InChI=1S/C17H24N4S.2C2HF3O2/c1-19(2)8-10-21-11-9-20(14-16-6-4-12-22-16)13-15-5-3-7-18-17(15)21;2*3-2(4,5)1(6)7/h3-7,12H,8-11,13-14H2,1-2H3;2*(H,6,7). The van der Waals surface area contributed by atoms with Gasteiger partial charge in [-0.25, -0.2) is 14.6 Å². The van der Waals surface area contributed by atoms with Gasteiger partial charge in [0.25, 0.3) is 0 Å². The molecule has 2 aromatic rings. The molecule has 0 aliphatic carbocycles. The maximum absolute atomic E-state index is 10.6. The van der Waals surface area contributed by atoms with E-state index in [2.05, 4.69) is 63.4 Å². The van der Waals surface area contributed by atoms with Gasteiger partial charge in [-0.1, -0.05) is 12.1 Å². The van der Waals surface area contributed by atoms with Crippen LogP contribution in [0.25, 0.3) is 0 Å². The summed E-state index contributed by atoms with van der Waals surface area (Å²) in [5, 5.41) is 16.4. The van der Waals surface area contributed by atoms with E-state index in [4.69, 9.17) is 19.8 Å². The van der Waals surface area contributed by atoms with Gasteiger partial charge in [0, 0.05) is 55.9 Å². The van der Waals surface area contributed by atoms with Crippen LogP contribution >= 0.6 is 11.3 Å². The number of hydrogen-bond donors (Lipinski definition) is 2. The molecule has 0 spiro atoms. The van der Waals surface area contributed by atoms with Gasteiger partial charge in [-0.05, 0) is 31.6 Å². The number of carboxylic acids is 2. The van der Waals surface area contributed by atoms with Crippen LogP contribution in [0.3, 0.4) is 0 Å². The summed E-state index contributed by atoms with van der Waals surface area (Å²) in [5.41, 5.74) is 1.34. The minimum Gasteiger partial charge on any atom is -0.475 e. The summed E-state index contributed by atoms with van der Waals surface area (Å²) in [6.45, 7) is 6.24. The molecule has 1 aliphatic rings. The van der Waals surface area contributed by atoms with Crippen molar-refractivity contribution in [2.24, 2.45) is 0 Å². The molecular weight excluding hydrogens is 518 g/mol. The Morgan fingerprint density at radius 1 is 1.03 bits per heavy atom. The maximum atomic E-state index is 10.6. The van der Waals surface area contributed by atoms with E-state index in [9.17, 15) is 26.3 Å². The maximum Gasteiger partial charge on any atom is 0.490 e.